The zero-order valence-electron chi connectivity index (χ0n) is 44.8. The molecule has 0 fully saturated rings. The molecule has 0 bridgehead atoms. The third-order valence-electron chi connectivity index (χ3n) is 16.4. The normalized spacial score (nSPS) is 11.6. The Kier molecular flexibility index (Phi) is 11.2. The van der Waals surface area contributed by atoms with E-state index in [4.69, 9.17) is 14.4 Å². The Morgan fingerprint density at radius 2 is 0.711 bits per heavy atom. The zero-order chi connectivity index (χ0) is 55.0. The van der Waals surface area contributed by atoms with Gasteiger partial charge in [0.05, 0.1) is 55.8 Å². The molecule has 6 heteroatoms. The number of aromatic nitrogens is 4. The molecule has 4 aromatic heterocycles. The van der Waals surface area contributed by atoms with E-state index >= 15 is 0 Å². The monoisotopic (exact) mass is 1060 g/mol. The fourth-order valence-corrected chi connectivity index (χ4v) is 12.5. The van der Waals surface area contributed by atoms with Crippen molar-refractivity contribution in [3.05, 3.63) is 291 Å². The number of nitriles is 1. The summed E-state index contributed by atoms with van der Waals surface area (Å²) in [6, 6.07) is 103. The molecule has 83 heavy (non-hydrogen) atoms. The van der Waals surface area contributed by atoms with Crippen molar-refractivity contribution in [2.75, 3.05) is 0 Å². The quantitative estimate of drug-likeness (QED) is 0.144. The van der Waals surface area contributed by atoms with Crippen molar-refractivity contribution >= 4 is 65.6 Å². The minimum Gasteiger partial charge on any atom is -0.453 e. The van der Waals surface area contributed by atoms with Crippen LogP contribution >= 0.6 is 0 Å². The summed E-state index contributed by atoms with van der Waals surface area (Å²) in [6.45, 7) is 0. The van der Waals surface area contributed by atoms with Crippen LogP contribution in [0.3, 0.4) is 0 Å². The Morgan fingerprint density at radius 3 is 1.14 bits per heavy atom. The predicted octanol–water partition coefficient (Wildman–Crippen LogP) is 20.1. The van der Waals surface area contributed by atoms with Crippen molar-refractivity contribution in [3.63, 3.8) is 0 Å². The van der Waals surface area contributed by atoms with Gasteiger partial charge in [-0.1, -0.05) is 218 Å². The highest BCUT2D eigenvalue weighted by molar-refractivity contribution is 6.20. The van der Waals surface area contributed by atoms with E-state index in [2.05, 4.69) is 252 Å². The van der Waals surface area contributed by atoms with Crippen molar-refractivity contribution in [3.8, 4) is 95.9 Å². The predicted molar refractivity (Wildman–Crippen MR) is 341 cm³/mol. The molecular weight excluding hydrogens is 1010 g/mol. The SMILES string of the molecule is N#Cc1cc(-n2c3ccc(-c4ccccc4)cc3c3cc(-c4ccccc4)ccc32)c2oc3c(-c4cc(-c5ccccc5)nc(-c5ccccc5)n4)cccc3c2c1-n1c2ccc(-c3ccccc3)cc2c2cc(-c3ccccc3)ccc21. The first-order valence-corrected chi connectivity index (χ1v) is 27.9. The Balaban J connectivity index is 1.04. The second-order valence-corrected chi connectivity index (χ2v) is 21.1. The lowest BCUT2D eigenvalue weighted by Crippen LogP contribution is -2.03. The molecule has 0 unspecified atom stereocenters. The summed E-state index contributed by atoms with van der Waals surface area (Å²) in [4.78, 5) is 10.5. The largest absolute Gasteiger partial charge is 0.453 e. The molecule has 16 rings (SSSR count). The van der Waals surface area contributed by atoms with Crippen LogP contribution < -0.4 is 0 Å². The minimum absolute atomic E-state index is 0.496. The fraction of sp³-hybridized carbons (Fsp3) is 0. The summed E-state index contributed by atoms with van der Waals surface area (Å²) in [5.41, 5.74) is 20.3. The second-order valence-electron chi connectivity index (χ2n) is 21.1. The van der Waals surface area contributed by atoms with Crippen LogP contribution in [0.1, 0.15) is 5.56 Å². The topological polar surface area (TPSA) is 72.6 Å². The number of furan rings is 1. The zero-order valence-corrected chi connectivity index (χ0v) is 44.8. The van der Waals surface area contributed by atoms with E-state index in [0.717, 1.165) is 133 Å². The molecule has 16 aromatic rings. The number of rotatable bonds is 9. The van der Waals surface area contributed by atoms with Gasteiger partial charge in [-0.15, -0.1) is 0 Å². The van der Waals surface area contributed by atoms with Gasteiger partial charge >= 0.3 is 0 Å². The summed E-state index contributed by atoms with van der Waals surface area (Å²) in [5, 5.41) is 18.0. The number of nitrogens with zero attached hydrogens (tertiary/aromatic N) is 5. The van der Waals surface area contributed by atoms with Gasteiger partial charge in [-0.25, -0.2) is 9.97 Å². The molecule has 0 aliphatic carbocycles. The molecule has 0 spiro atoms. The Labute approximate surface area is 478 Å². The highest BCUT2D eigenvalue weighted by Gasteiger charge is 2.28. The van der Waals surface area contributed by atoms with E-state index in [1.165, 1.54) is 0 Å². The summed E-state index contributed by atoms with van der Waals surface area (Å²) in [7, 11) is 0. The number of fused-ring (bicyclic) bond motifs is 9. The summed E-state index contributed by atoms with van der Waals surface area (Å²) in [5.74, 6) is 0.605. The van der Waals surface area contributed by atoms with E-state index in [1.54, 1.807) is 0 Å². The second kappa shape index (κ2) is 19.5. The van der Waals surface area contributed by atoms with Gasteiger partial charge in [0.2, 0.25) is 0 Å². The maximum Gasteiger partial charge on any atom is 0.161 e. The fourth-order valence-electron chi connectivity index (χ4n) is 12.5. The van der Waals surface area contributed by atoms with E-state index in [0.29, 0.717) is 28.2 Å². The third kappa shape index (κ3) is 7.94. The van der Waals surface area contributed by atoms with Crippen LogP contribution in [0.5, 0.6) is 0 Å². The number of hydrogen-bond donors (Lipinski definition) is 0. The Bertz CT molecular complexity index is 4980. The van der Waals surface area contributed by atoms with E-state index in [9.17, 15) is 5.26 Å². The van der Waals surface area contributed by atoms with Crippen LogP contribution in [0.25, 0.3) is 155 Å². The molecule has 0 atom stereocenters. The molecule has 0 aliphatic rings. The van der Waals surface area contributed by atoms with E-state index < -0.39 is 0 Å². The molecule has 0 radical (unpaired) electrons. The number of para-hydroxylation sites is 1. The molecule has 0 saturated heterocycles. The van der Waals surface area contributed by atoms with Crippen LogP contribution in [0, 0.1) is 11.3 Å². The lowest BCUT2D eigenvalue weighted by atomic mass is 10.0. The van der Waals surface area contributed by atoms with Gasteiger partial charge in [0.15, 0.2) is 11.4 Å². The Morgan fingerprint density at radius 1 is 0.313 bits per heavy atom. The van der Waals surface area contributed by atoms with Crippen molar-refractivity contribution < 1.29 is 4.42 Å². The number of hydrogen-bond acceptors (Lipinski definition) is 4. The van der Waals surface area contributed by atoms with Crippen LogP contribution in [0.2, 0.25) is 0 Å². The van der Waals surface area contributed by atoms with Crippen molar-refractivity contribution in [2.45, 2.75) is 0 Å². The van der Waals surface area contributed by atoms with Crippen molar-refractivity contribution in [1.82, 2.24) is 19.1 Å². The van der Waals surface area contributed by atoms with Gasteiger partial charge in [-0.05, 0) is 111 Å². The maximum absolute atomic E-state index is 12.0. The molecule has 0 aliphatic heterocycles. The highest BCUT2D eigenvalue weighted by Crippen LogP contribution is 2.48. The van der Waals surface area contributed by atoms with Crippen LogP contribution in [0.15, 0.2) is 290 Å². The highest BCUT2D eigenvalue weighted by atomic mass is 16.3. The summed E-state index contributed by atoms with van der Waals surface area (Å²) < 4.78 is 12.3. The maximum atomic E-state index is 12.0. The van der Waals surface area contributed by atoms with Crippen LogP contribution in [-0.2, 0) is 0 Å². The molecule has 386 valence electrons. The van der Waals surface area contributed by atoms with Gasteiger partial charge in [0.25, 0.3) is 0 Å². The summed E-state index contributed by atoms with van der Waals surface area (Å²) in [6.07, 6.45) is 0. The van der Waals surface area contributed by atoms with Gasteiger partial charge in [0.1, 0.15) is 11.7 Å². The van der Waals surface area contributed by atoms with Crippen molar-refractivity contribution in [2.24, 2.45) is 0 Å². The van der Waals surface area contributed by atoms with Crippen LogP contribution in [-0.4, -0.2) is 19.1 Å². The van der Waals surface area contributed by atoms with Gasteiger partial charge in [-0.2, -0.15) is 5.26 Å². The lowest BCUT2D eigenvalue weighted by Gasteiger charge is -2.16. The summed E-state index contributed by atoms with van der Waals surface area (Å²) >= 11 is 0. The standard InChI is InChI=1S/C77H47N5O/c78-48-59-46-72(81-68-38-34-55(49-20-7-1-8-21-49)42-62(68)63-43-56(35-39-69(63)81)50-22-9-2-10-23-50)76-73(61-33-19-32-60(75(61)83-76)67-47-66(53-28-15-5-16-29-53)79-77(80-67)54-30-17-6-18-31-54)74(59)82-70-40-36-57(51-24-11-3-12-25-51)44-64(70)65-45-58(37-41-71(65)82)52-26-13-4-14-27-52/h1-47H. The molecule has 4 heterocycles. The smallest absolute Gasteiger partial charge is 0.161 e. The van der Waals surface area contributed by atoms with E-state index in [1.807, 2.05) is 48.5 Å². The first-order valence-electron chi connectivity index (χ1n) is 27.9. The molecule has 0 saturated carbocycles. The van der Waals surface area contributed by atoms with E-state index in [-0.39, 0.29) is 0 Å². The molecule has 6 nitrogen and oxygen atoms in total. The molecule has 12 aromatic carbocycles. The first kappa shape index (κ1) is 47.6. The van der Waals surface area contributed by atoms with Gasteiger partial charge < -0.3 is 13.6 Å². The average molecular weight is 1060 g/mol. The minimum atomic E-state index is 0.496. The van der Waals surface area contributed by atoms with Crippen LogP contribution in [0.4, 0.5) is 0 Å². The van der Waals surface area contributed by atoms with Gasteiger partial charge in [-0.3, -0.25) is 0 Å². The molecular formula is C77H47N5O. The molecule has 0 N–H and O–H groups in total. The lowest BCUT2D eigenvalue weighted by molar-refractivity contribution is 0.667. The third-order valence-corrected chi connectivity index (χ3v) is 16.4. The first-order chi connectivity index (χ1) is 41.1. The van der Waals surface area contributed by atoms with Crippen molar-refractivity contribution in [1.29, 1.82) is 5.26 Å². The average Bonchev–Trinajstić information content (AvgIpc) is 2.54. The number of benzene rings is 12. The van der Waals surface area contributed by atoms with Gasteiger partial charge in [0, 0.05) is 43.6 Å². The molecule has 0 amide bonds. The Hall–Kier alpha value is -11.4.